The van der Waals surface area contributed by atoms with Crippen molar-refractivity contribution >= 4 is 11.8 Å². The third kappa shape index (κ3) is 4.18. The molecule has 21 heavy (non-hydrogen) atoms. The Kier molecular flexibility index (Phi) is 5.58. The Bertz CT molecular complexity index is 471. The van der Waals surface area contributed by atoms with E-state index in [1.54, 1.807) is 11.8 Å². The summed E-state index contributed by atoms with van der Waals surface area (Å²) < 4.78 is 6.62. The van der Waals surface area contributed by atoms with Gasteiger partial charge in [-0.25, -0.2) is 4.79 Å². The number of aromatic nitrogens is 2. The van der Waals surface area contributed by atoms with Gasteiger partial charge in [-0.3, -0.25) is 10.00 Å². The molecule has 1 aromatic heterocycles. The summed E-state index contributed by atoms with van der Waals surface area (Å²) in [5.41, 5.74) is 1.04. The molecule has 2 rings (SSSR count). The Morgan fingerprint density at radius 1 is 1.62 bits per heavy atom. The molecule has 0 aliphatic heterocycles. The largest absolute Gasteiger partial charge is 0.394 e. The van der Waals surface area contributed by atoms with Crippen LogP contribution in [-0.4, -0.2) is 47.3 Å². The van der Waals surface area contributed by atoms with Crippen molar-refractivity contribution in [2.45, 2.75) is 37.6 Å². The van der Waals surface area contributed by atoms with E-state index < -0.39 is 0 Å². The fourth-order valence-electron chi connectivity index (χ4n) is 2.32. The van der Waals surface area contributed by atoms with Crippen LogP contribution in [0.2, 0.25) is 0 Å². The molecule has 0 saturated heterocycles. The molecule has 7 nitrogen and oxygen atoms in total. The monoisotopic (exact) mass is 296 g/mol. The average Bonchev–Trinajstić information content (AvgIpc) is 2.73. The number of anilines is 1. The molecule has 1 atom stereocenters. The van der Waals surface area contributed by atoms with E-state index in [-0.39, 0.29) is 18.7 Å². The maximum Gasteiger partial charge on any atom is 0.320 e. The van der Waals surface area contributed by atoms with Crippen LogP contribution in [-0.2, 0) is 11.8 Å². The number of carbonyl (C=O) groups excluding carboxylic acids is 1. The first kappa shape index (κ1) is 15.8. The second-order valence-corrected chi connectivity index (χ2v) is 5.47. The number of ether oxygens (including phenoxy) is 1. The van der Waals surface area contributed by atoms with Crippen molar-refractivity contribution in [3.63, 3.8) is 0 Å². The zero-order valence-corrected chi connectivity index (χ0v) is 12.6. The van der Waals surface area contributed by atoms with Crippen molar-refractivity contribution in [1.29, 1.82) is 0 Å². The number of rotatable bonds is 7. The van der Waals surface area contributed by atoms with E-state index in [0.717, 1.165) is 5.69 Å². The summed E-state index contributed by atoms with van der Waals surface area (Å²) in [5.74, 6) is 1.19. The van der Waals surface area contributed by atoms with Gasteiger partial charge in [-0.05, 0) is 19.3 Å². The van der Waals surface area contributed by atoms with Gasteiger partial charge in [0.2, 0.25) is 0 Å². The highest BCUT2D eigenvalue weighted by Crippen LogP contribution is 2.36. The number of hydrogen-bond acceptors (Lipinski definition) is 4. The van der Waals surface area contributed by atoms with E-state index in [2.05, 4.69) is 15.7 Å². The number of methoxy groups -OCH3 is 1. The topological polar surface area (TPSA) is 88.4 Å². The summed E-state index contributed by atoms with van der Waals surface area (Å²) in [6.07, 6.45) is 4.17. The highest BCUT2D eigenvalue weighted by Gasteiger charge is 2.23. The first-order chi connectivity index (χ1) is 10.1. The second kappa shape index (κ2) is 7.42. The predicted molar refractivity (Wildman–Crippen MR) is 79.3 cm³/mol. The van der Waals surface area contributed by atoms with Crippen LogP contribution >= 0.6 is 0 Å². The summed E-state index contributed by atoms with van der Waals surface area (Å²) in [7, 11) is 3.40. The lowest BCUT2D eigenvalue weighted by Crippen LogP contribution is -2.41. The summed E-state index contributed by atoms with van der Waals surface area (Å²) in [6.45, 7) is 0.374. The third-order valence-electron chi connectivity index (χ3n) is 3.89. The summed E-state index contributed by atoms with van der Waals surface area (Å²) >= 11 is 0. The van der Waals surface area contributed by atoms with Crippen molar-refractivity contribution in [3.05, 3.63) is 11.8 Å². The summed E-state index contributed by atoms with van der Waals surface area (Å²) in [5, 5.41) is 19.2. The zero-order valence-electron chi connectivity index (χ0n) is 12.6. The Hall–Kier alpha value is -1.60. The maximum absolute atomic E-state index is 11.9. The molecule has 118 valence electrons. The minimum Gasteiger partial charge on any atom is -0.394 e. The van der Waals surface area contributed by atoms with Crippen LogP contribution in [0.1, 0.15) is 37.3 Å². The van der Waals surface area contributed by atoms with Gasteiger partial charge >= 0.3 is 6.03 Å². The van der Waals surface area contributed by atoms with Crippen molar-refractivity contribution in [1.82, 2.24) is 15.1 Å². The second-order valence-electron chi connectivity index (χ2n) is 5.47. The van der Waals surface area contributed by atoms with E-state index in [1.165, 1.54) is 19.3 Å². The fraction of sp³-hybridized carbons (Fsp3) is 0.714. The third-order valence-corrected chi connectivity index (χ3v) is 3.89. The van der Waals surface area contributed by atoms with Crippen LogP contribution in [0.5, 0.6) is 0 Å². The van der Waals surface area contributed by atoms with Gasteiger partial charge in [-0.15, -0.1) is 0 Å². The van der Waals surface area contributed by atoms with E-state index in [4.69, 9.17) is 4.74 Å². The molecule has 0 aromatic carbocycles. The fourth-order valence-corrected chi connectivity index (χ4v) is 2.32. The number of aliphatic hydroxyl groups is 1. The molecule has 1 aliphatic rings. The molecular weight excluding hydrogens is 272 g/mol. The molecule has 0 unspecified atom stereocenters. The normalized spacial score (nSPS) is 16.3. The molecule has 2 amide bonds. The number of amides is 2. The van der Waals surface area contributed by atoms with Gasteiger partial charge in [-0.1, -0.05) is 6.42 Å². The van der Waals surface area contributed by atoms with E-state index in [1.807, 2.05) is 13.1 Å². The predicted octanol–water partition coefficient (Wildman–Crippen LogP) is 1.21. The van der Waals surface area contributed by atoms with E-state index >= 15 is 0 Å². The number of carbonyl (C=O) groups is 1. The highest BCUT2D eigenvalue weighted by molar-refractivity contribution is 5.88. The summed E-state index contributed by atoms with van der Waals surface area (Å²) in [6, 6.07) is 1.27. The van der Waals surface area contributed by atoms with Crippen LogP contribution in [0, 0.1) is 0 Å². The molecule has 1 fully saturated rings. The lowest BCUT2D eigenvalue weighted by molar-refractivity contribution is 0.161. The zero-order chi connectivity index (χ0) is 15.2. The molecule has 3 N–H and O–H groups in total. The van der Waals surface area contributed by atoms with Gasteiger partial charge in [0, 0.05) is 32.7 Å². The minimum absolute atomic E-state index is 0.116. The Morgan fingerprint density at radius 3 is 2.95 bits per heavy atom. The average molecular weight is 296 g/mol. The van der Waals surface area contributed by atoms with Crippen molar-refractivity contribution in [2.75, 3.05) is 25.6 Å². The maximum atomic E-state index is 11.9. The van der Waals surface area contributed by atoms with Crippen molar-refractivity contribution in [2.24, 2.45) is 7.05 Å². The molecule has 7 heteroatoms. The van der Waals surface area contributed by atoms with Crippen LogP contribution in [0.3, 0.4) is 0 Å². The van der Waals surface area contributed by atoms with E-state index in [9.17, 15) is 9.90 Å². The van der Waals surface area contributed by atoms with Gasteiger partial charge in [0.25, 0.3) is 0 Å². The number of aryl methyl sites for hydroxylation is 1. The SMILES string of the molecule is COCC[C@@H](CO)NC(=O)Nc1cc(C2CCC2)nn1C. The molecule has 0 bridgehead atoms. The minimum atomic E-state index is -0.340. The number of nitrogens with zero attached hydrogens (tertiary/aromatic N) is 2. The molecular formula is C14H24N4O3. The molecule has 1 saturated carbocycles. The quantitative estimate of drug-likeness (QED) is 0.705. The van der Waals surface area contributed by atoms with Crippen LogP contribution in [0.25, 0.3) is 0 Å². The molecule has 0 spiro atoms. The molecule has 1 aliphatic carbocycles. The Morgan fingerprint density at radius 2 is 2.38 bits per heavy atom. The standard InChI is InChI=1S/C14H24N4O3/c1-18-13(8-12(17-18)10-4-3-5-10)16-14(20)15-11(9-19)6-7-21-2/h8,10-11,19H,3-7,9H2,1-2H3,(H2,15,16,20)/t11-/m0/s1. The lowest BCUT2D eigenvalue weighted by atomic mass is 9.83. The van der Waals surface area contributed by atoms with Crippen molar-refractivity contribution < 1.29 is 14.6 Å². The van der Waals surface area contributed by atoms with Crippen LogP contribution in [0.15, 0.2) is 6.07 Å². The molecule has 1 aromatic rings. The number of aliphatic hydroxyl groups excluding tert-OH is 1. The molecule has 1 heterocycles. The number of nitrogens with one attached hydrogen (secondary N) is 2. The number of hydrogen-bond donors (Lipinski definition) is 3. The smallest absolute Gasteiger partial charge is 0.320 e. The van der Waals surface area contributed by atoms with Crippen molar-refractivity contribution in [3.8, 4) is 0 Å². The van der Waals surface area contributed by atoms with Gasteiger partial charge < -0.3 is 15.2 Å². The highest BCUT2D eigenvalue weighted by atomic mass is 16.5. The first-order valence-electron chi connectivity index (χ1n) is 7.35. The molecule has 0 radical (unpaired) electrons. The van der Waals surface area contributed by atoms with Gasteiger partial charge in [0.1, 0.15) is 5.82 Å². The Labute approximate surface area is 124 Å². The van der Waals surface area contributed by atoms with Gasteiger partial charge in [0.05, 0.1) is 18.3 Å². The summed E-state index contributed by atoms with van der Waals surface area (Å²) in [4.78, 5) is 11.9. The Balaban J connectivity index is 1.88. The van der Waals surface area contributed by atoms with Gasteiger partial charge in [-0.2, -0.15) is 5.10 Å². The van der Waals surface area contributed by atoms with Crippen LogP contribution < -0.4 is 10.6 Å². The first-order valence-corrected chi connectivity index (χ1v) is 7.35. The van der Waals surface area contributed by atoms with Crippen LogP contribution in [0.4, 0.5) is 10.6 Å². The number of urea groups is 1. The van der Waals surface area contributed by atoms with Gasteiger partial charge in [0.15, 0.2) is 0 Å². The lowest BCUT2D eigenvalue weighted by Gasteiger charge is -2.22. The van der Waals surface area contributed by atoms with E-state index in [0.29, 0.717) is 24.8 Å².